The lowest BCUT2D eigenvalue weighted by Gasteiger charge is -2.32. The minimum absolute atomic E-state index is 0.219. The molecule has 0 atom stereocenters. The molecule has 1 aromatic heterocycles. The van der Waals surface area contributed by atoms with Gasteiger partial charge in [-0.25, -0.2) is 4.98 Å². The molecule has 0 saturated carbocycles. The van der Waals surface area contributed by atoms with Gasteiger partial charge in [0.1, 0.15) is 11.6 Å². The lowest BCUT2D eigenvalue weighted by atomic mass is 9.87. The zero-order valence-electron chi connectivity index (χ0n) is 16.6. The number of nitrogen functional groups attached to an aromatic ring is 2. The summed E-state index contributed by atoms with van der Waals surface area (Å²) in [6.07, 6.45) is 2.13. The van der Waals surface area contributed by atoms with Crippen molar-refractivity contribution in [3.63, 3.8) is 0 Å². The fourth-order valence-corrected chi connectivity index (χ4v) is 4.34. The molecule has 0 aliphatic carbocycles. The van der Waals surface area contributed by atoms with Gasteiger partial charge < -0.3 is 16.2 Å². The number of rotatable bonds is 5. The average Bonchev–Trinajstić information content (AvgIpc) is 2.70. The van der Waals surface area contributed by atoms with Crippen LogP contribution >= 0.6 is 11.6 Å². The van der Waals surface area contributed by atoms with Crippen LogP contribution in [0.4, 0.5) is 11.8 Å². The van der Waals surface area contributed by atoms with Crippen molar-refractivity contribution >= 4 is 34.3 Å². The number of ether oxygens (including phenoxy) is 1. The number of nitrogens with zero attached hydrogens (tertiary/aromatic N) is 3. The minimum atomic E-state index is 0.219. The summed E-state index contributed by atoms with van der Waals surface area (Å²) in [4.78, 5) is 11.0. The van der Waals surface area contributed by atoms with E-state index in [1.807, 2.05) is 31.2 Å². The van der Waals surface area contributed by atoms with Crippen LogP contribution in [0.15, 0.2) is 36.4 Å². The Morgan fingerprint density at radius 1 is 1.14 bits per heavy atom. The van der Waals surface area contributed by atoms with E-state index >= 15 is 0 Å². The molecule has 0 unspecified atom stereocenters. The Bertz CT molecular complexity index is 1020. The summed E-state index contributed by atoms with van der Waals surface area (Å²) in [5, 5.41) is 1.60. The Morgan fingerprint density at radius 2 is 1.93 bits per heavy atom. The molecule has 7 heteroatoms. The van der Waals surface area contributed by atoms with Crippen LogP contribution in [0.5, 0.6) is 5.75 Å². The number of benzene rings is 2. The van der Waals surface area contributed by atoms with Gasteiger partial charge in [0.2, 0.25) is 5.95 Å². The number of fused-ring (bicyclic) bond motifs is 1. The van der Waals surface area contributed by atoms with Gasteiger partial charge in [0.15, 0.2) is 0 Å². The highest BCUT2D eigenvalue weighted by Crippen LogP contribution is 2.35. The maximum atomic E-state index is 6.21. The molecule has 2 heterocycles. The molecule has 1 saturated heterocycles. The van der Waals surface area contributed by atoms with Gasteiger partial charge in [-0.2, -0.15) is 4.98 Å². The third-order valence-corrected chi connectivity index (χ3v) is 5.84. The van der Waals surface area contributed by atoms with Crippen LogP contribution < -0.4 is 16.2 Å². The molecule has 3 aromatic rings. The third kappa shape index (κ3) is 4.23. The van der Waals surface area contributed by atoms with Crippen LogP contribution in [0, 0.1) is 0 Å². The number of hydrogen-bond donors (Lipinski definition) is 2. The van der Waals surface area contributed by atoms with E-state index < -0.39 is 0 Å². The zero-order chi connectivity index (χ0) is 20.4. The van der Waals surface area contributed by atoms with Gasteiger partial charge in [-0.15, -0.1) is 0 Å². The molecule has 152 valence electrons. The Kier molecular flexibility index (Phi) is 5.74. The molecule has 0 bridgehead atoms. The summed E-state index contributed by atoms with van der Waals surface area (Å²) >= 11 is 6.21. The van der Waals surface area contributed by atoms with Crippen LogP contribution in [-0.2, 0) is 6.54 Å². The number of hydrogen-bond acceptors (Lipinski definition) is 6. The van der Waals surface area contributed by atoms with E-state index in [-0.39, 0.29) is 5.95 Å². The normalized spacial score (nSPS) is 15.7. The number of nitrogens with two attached hydrogens (primary N) is 2. The van der Waals surface area contributed by atoms with Crippen molar-refractivity contribution in [2.45, 2.75) is 32.2 Å². The smallest absolute Gasteiger partial charge is 0.222 e. The van der Waals surface area contributed by atoms with E-state index in [2.05, 4.69) is 27.0 Å². The zero-order valence-corrected chi connectivity index (χ0v) is 17.3. The third-order valence-electron chi connectivity index (χ3n) is 5.53. The molecule has 1 fully saturated rings. The molecule has 0 radical (unpaired) electrons. The standard InChI is InChI=1S/C22H26ClN5O/c1-2-29-19-12-14(6-7-17(19)23)13-28-10-8-15(9-11-28)16-4-3-5-18-20(16)21(24)27-22(25)26-18/h3-7,12,15H,2,8-11,13H2,1H3,(H4,24,25,26,27). The number of piperidine rings is 1. The summed E-state index contributed by atoms with van der Waals surface area (Å²) in [7, 11) is 0. The monoisotopic (exact) mass is 411 g/mol. The van der Waals surface area contributed by atoms with Crippen LogP contribution in [0.1, 0.15) is 36.8 Å². The van der Waals surface area contributed by atoms with E-state index in [0.717, 1.165) is 49.1 Å². The molecule has 29 heavy (non-hydrogen) atoms. The summed E-state index contributed by atoms with van der Waals surface area (Å²) < 4.78 is 5.62. The average molecular weight is 412 g/mol. The van der Waals surface area contributed by atoms with E-state index in [4.69, 9.17) is 27.8 Å². The van der Waals surface area contributed by atoms with Crippen LogP contribution in [0.2, 0.25) is 5.02 Å². The molecular weight excluding hydrogens is 386 g/mol. The van der Waals surface area contributed by atoms with Gasteiger partial charge in [-0.3, -0.25) is 4.90 Å². The van der Waals surface area contributed by atoms with Gasteiger partial charge in [0.05, 0.1) is 17.1 Å². The summed E-state index contributed by atoms with van der Waals surface area (Å²) in [5.74, 6) is 1.88. The van der Waals surface area contributed by atoms with Crippen LogP contribution in [0.25, 0.3) is 10.9 Å². The van der Waals surface area contributed by atoms with Gasteiger partial charge in [0, 0.05) is 11.9 Å². The SMILES string of the molecule is CCOc1cc(CN2CCC(c3cccc4nc(N)nc(N)c34)CC2)ccc1Cl. The summed E-state index contributed by atoms with van der Waals surface area (Å²) in [5.41, 5.74) is 15.2. The largest absolute Gasteiger partial charge is 0.492 e. The van der Waals surface area contributed by atoms with Crippen LogP contribution in [-0.4, -0.2) is 34.6 Å². The highest BCUT2D eigenvalue weighted by Gasteiger charge is 2.23. The lowest BCUT2D eigenvalue weighted by molar-refractivity contribution is 0.205. The van der Waals surface area contributed by atoms with E-state index in [9.17, 15) is 0 Å². The highest BCUT2D eigenvalue weighted by molar-refractivity contribution is 6.32. The predicted octanol–water partition coefficient (Wildman–Crippen LogP) is 4.23. The van der Waals surface area contributed by atoms with Crippen LogP contribution in [0.3, 0.4) is 0 Å². The Hall–Kier alpha value is -2.57. The molecule has 0 spiro atoms. The van der Waals surface area contributed by atoms with Crippen molar-refractivity contribution in [3.8, 4) is 5.75 Å². The Labute approximate surface area is 175 Å². The molecular formula is C22H26ClN5O. The minimum Gasteiger partial charge on any atom is -0.492 e. The van der Waals surface area contributed by atoms with Crippen molar-refractivity contribution < 1.29 is 4.74 Å². The first-order valence-electron chi connectivity index (χ1n) is 10.0. The number of aromatic nitrogens is 2. The van der Waals surface area contributed by atoms with E-state index in [0.29, 0.717) is 23.4 Å². The Balaban J connectivity index is 1.47. The van der Waals surface area contributed by atoms with Crippen molar-refractivity contribution in [2.24, 2.45) is 0 Å². The molecule has 0 amide bonds. The fraction of sp³-hybridized carbons (Fsp3) is 0.364. The first-order valence-corrected chi connectivity index (χ1v) is 10.4. The van der Waals surface area contributed by atoms with E-state index in [1.165, 1.54) is 11.1 Å². The first kappa shape index (κ1) is 19.7. The van der Waals surface area contributed by atoms with Crippen molar-refractivity contribution in [2.75, 3.05) is 31.2 Å². The number of halogens is 1. The molecule has 1 aliphatic heterocycles. The van der Waals surface area contributed by atoms with Crippen molar-refractivity contribution in [3.05, 3.63) is 52.5 Å². The molecule has 2 aromatic carbocycles. The quantitative estimate of drug-likeness (QED) is 0.653. The van der Waals surface area contributed by atoms with E-state index in [1.54, 1.807) is 0 Å². The molecule has 4 N–H and O–H groups in total. The molecule has 4 rings (SSSR count). The topological polar surface area (TPSA) is 90.3 Å². The molecule has 1 aliphatic rings. The summed E-state index contributed by atoms with van der Waals surface area (Å²) in [6, 6.07) is 12.2. The molecule has 6 nitrogen and oxygen atoms in total. The van der Waals surface area contributed by atoms with Gasteiger partial charge in [-0.05, 0) is 68.1 Å². The fourth-order valence-electron chi connectivity index (χ4n) is 4.17. The van der Waals surface area contributed by atoms with Gasteiger partial charge >= 0.3 is 0 Å². The van der Waals surface area contributed by atoms with Crippen molar-refractivity contribution in [1.82, 2.24) is 14.9 Å². The lowest BCUT2D eigenvalue weighted by Crippen LogP contribution is -2.32. The van der Waals surface area contributed by atoms with Gasteiger partial charge in [-0.1, -0.05) is 29.8 Å². The predicted molar refractivity (Wildman–Crippen MR) is 118 cm³/mol. The highest BCUT2D eigenvalue weighted by atomic mass is 35.5. The Morgan fingerprint density at radius 3 is 2.69 bits per heavy atom. The second-order valence-electron chi connectivity index (χ2n) is 7.46. The first-order chi connectivity index (χ1) is 14.0. The summed E-state index contributed by atoms with van der Waals surface area (Å²) in [6.45, 7) is 5.50. The number of likely N-dealkylation sites (tertiary alicyclic amines) is 1. The van der Waals surface area contributed by atoms with Crippen molar-refractivity contribution in [1.29, 1.82) is 0 Å². The number of anilines is 2. The second kappa shape index (κ2) is 8.43. The van der Waals surface area contributed by atoms with Gasteiger partial charge in [0.25, 0.3) is 0 Å². The second-order valence-corrected chi connectivity index (χ2v) is 7.86. The maximum Gasteiger partial charge on any atom is 0.222 e. The maximum absolute atomic E-state index is 6.21.